The first-order chi connectivity index (χ1) is 18.5. The third kappa shape index (κ3) is 11.4. The van der Waals surface area contributed by atoms with E-state index in [9.17, 15) is 4.79 Å². The molecule has 0 saturated carbocycles. The predicted molar refractivity (Wildman–Crippen MR) is 171 cm³/mol. The number of hydrogen-bond donors (Lipinski definition) is 0. The highest BCUT2D eigenvalue weighted by Gasteiger charge is 2.34. The molecule has 2 rings (SSSR count). The Kier molecular flexibility index (Phi) is 14.9. The number of rotatable bonds is 18. The van der Waals surface area contributed by atoms with Crippen LogP contribution in [0.1, 0.15) is 147 Å². The molecule has 0 saturated heterocycles. The monoisotopic (exact) mass is 606 g/mol. The van der Waals surface area contributed by atoms with Crippen molar-refractivity contribution in [2.45, 2.75) is 157 Å². The van der Waals surface area contributed by atoms with Crippen molar-refractivity contribution in [3.63, 3.8) is 0 Å². The fraction of sp³-hybridized carbons (Fsp3) is 0.800. The van der Waals surface area contributed by atoms with E-state index in [-0.39, 0.29) is 11.6 Å². The van der Waals surface area contributed by atoms with E-state index in [2.05, 4.69) is 71.3 Å². The lowest BCUT2D eigenvalue weighted by atomic mass is 9.83. The summed E-state index contributed by atoms with van der Waals surface area (Å²) in [6, 6.07) is 0. The van der Waals surface area contributed by atoms with Crippen LogP contribution in [0, 0.1) is 38.5 Å². The van der Waals surface area contributed by atoms with Gasteiger partial charge in [-0.1, -0.05) is 95.0 Å². The number of unbranched alkanes of at least 4 members (excludes halogenated alkanes) is 2. The smallest absolute Gasteiger partial charge is 0.311 e. The summed E-state index contributed by atoms with van der Waals surface area (Å²) >= 11 is 3.45. The minimum absolute atomic E-state index is 0.116. The molecule has 0 amide bonds. The Morgan fingerprint density at radius 1 is 0.846 bits per heavy atom. The molecular weight excluding hydrogens is 548 g/mol. The Morgan fingerprint density at radius 2 is 1.46 bits per heavy atom. The van der Waals surface area contributed by atoms with E-state index in [1.807, 2.05) is 0 Å². The molecule has 0 spiro atoms. The van der Waals surface area contributed by atoms with Gasteiger partial charge in [0.1, 0.15) is 17.1 Å². The highest BCUT2D eigenvalue weighted by Crippen LogP contribution is 2.45. The minimum atomic E-state index is -0.119. The molecule has 0 fully saturated rings. The van der Waals surface area contributed by atoms with Gasteiger partial charge in [-0.25, -0.2) is 0 Å². The third-order valence-corrected chi connectivity index (χ3v) is 9.63. The summed E-state index contributed by atoms with van der Waals surface area (Å²) in [5, 5.41) is 0.986. The molecule has 1 aromatic rings. The second-order valence-corrected chi connectivity index (χ2v) is 14.2. The lowest BCUT2D eigenvalue weighted by Gasteiger charge is -2.38. The largest absolute Gasteiger partial charge is 0.487 e. The molecule has 3 atom stereocenters. The summed E-state index contributed by atoms with van der Waals surface area (Å²) in [6.45, 7) is 18.1. The highest BCUT2D eigenvalue weighted by molar-refractivity contribution is 9.09. The van der Waals surface area contributed by atoms with Crippen LogP contribution in [0.15, 0.2) is 0 Å². The Bertz CT molecular complexity index is 893. The summed E-state index contributed by atoms with van der Waals surface area (Å²) in [7, 11) is 0. The fourth-order valence-corrected chi connectivity index (χ4v) is 6.52. The second-order valence-electron chi connectivity index (χ2n) is 13.4. The number of ether oxygens (including phenoxy) is 2. The number of fused-ring (bicyclic) bond motifs is 1. The summed E-state index contributed by atoms with van der Waals surface area (Å²) in [4.78, 5) is 12.5. The number of benzene rings is 1. The zero-order valence-corrected chi connectivity index (χ0v) is 28.2. The topological polar surface area (TPSA) is 35.5 Å². The molecule has 0 aromatic heterocycles. The van der Waals surface area contributed by atoms with Crippen molar-refractivity contribution >= 4 is 21.9 Å². The van der Waals surface area contributed by atoms with Crippen LogP contribution in [-0.4, -0.2) is 16.9 Å². The normalized spacial score (nSPS) is 18.5. The van der Waals surface area contributed by atoms with E-state index in [1.165, 1.54) is 56.9 Å². The van der Waals surface area contributed by atoms with Gasteiger partial charge in [-0.3, -0.25) is 4.79 Å². The zero-order valence-electron chi connectivity index (χ0n) is 26.6. The van der Waals surface area contributed by atoms with E-state index in [1.54, 1.807) is 0 Å². The van der Waals surface area contributed by atoms with Crippen molar-refractivity contribution in [3.8, 4) is 11.5 Å². The maximum absolute atomic E-state index is 12.5. The van der Waals surface area contributed by atoms with Crippen molar-refractivity contribution in [3.05, 3.63) is 22.3 Å². The van der Waals surface area contributed by atoms with E-state index in [4.69, 9.17) is 9.47 Å². The Balaban J connectivity index is 1.85. The summed E-state index contributed by atoms with van der Waals surface area (Å²) in [5.41, 5.74) is 4.36. The number of carbonyl (C=O) groups is 1. The van der Waals surface area contributed by atoms with Crippen molar-refractivity contribution in [1.82, 2.24) is 0 Å². The van der Waals surface area contributed by atoms with Gasteiger partial charge in [-0.05, 0) is 101 Å². The van der Waals surface area contributed by atoms with Crippen LogP contribution in [0.25, 0.3) is 0 Å². The van der Waals surface area contributed by atoms with Gasteiger partial charge in [0.05, 0.1) is 0 Å². The first kappa shape index (κ1) is 34.2. The molecule has 3 nitrogen and oxygen atoms in total. The lowest BCUT2D eigenvalue weighted by molar-refractivity contribution is -0.134. The number of halogens is 1. The van der Waals surface area contributed by atoms with Crippen LogP contribution in [0.3, 0.4) is 0 Å². The molecule has 1 aromatic carbocycles. The van der Waals surface area contributed by atoms with Crippen LogP contribution < -0.4 is 9.47 Å². The third-order valence-electron chi connectivity index (χ3n) is 9.07. The van der Waals surface area contributed by atoms with Crippen LogP contribution >= 0.6 is 15.9 Å². The van der Waals surface area contributed by atoms with Gasteiger partial charge in [0, 0.05) is 17.3 Å². The van der Waals surface area contributed by atoms with Gasteiger partial charge in [-0.15, -0.1) is 0 Å². The Labute approximate surface area is 249 Å². The highest BCUT2D eigenvalue weighted by atomic mass is 79.9. The molecule has 1 aliphatic rings. The molecule has 0 N–H and O–H groups in total. The standard InChI is InChI=1S/C35H59BrO3/c1-25(2)15-12-16-26(3)17-13-18-27(4)19-14-22-35(8)23-21-31-30(7)33(28(5)29(6)34(31)39-35)38-32(37)20-10-9-11-24-36/h25-27H,9-24H2,1-8H3. The van der Waals surface area contributed by atoms with E-state index in [0.717, 1.165) is 89.8 Å². The van der Waals surface area contributed by atoms with Gasteiger partial charge < -0.3 is 9.47 Å². The molecule has 39 heavy (non-hydrogen) atoms. The van der Waals surface area contributed by atoms with Gasteiger partial charge in [0.15, 0.2) is 0 Å². The summed E-state index contributed by atoms with van der Waals surface area (Å²) in [6.07, 6.45) is 17.4. The quantitative estimate of drug-likeness (QED) is 0.0721. The maximum Gasteiger partial charge on any atom is 0.311 e. The number of esters is 1. The first-order valence-corrected chi connectivity index (χ1v) is 17.2. The number of hydrogen-bond acceptors (Lipinski definition) is 3. The summed E-state index contributed by atoms with van der Waals surface area (Å²) < 4.78 is 12.7. The Hall–Kier alpha value is -1.03. The van der Waals surface area contributed by atoms with Crippen molar-refractivity contribution in [2.75, 3.05) is 5.33 Å². The fourth-order valence-electron chi connectivity index (χ4n) is 6.12. The molecule has 4 heteroatoms. The molecule has 1 aliphatic heterocycles. The van der Waals surface area contributed by atoms with Gasteiger partial charge >= 0.3 is 5.97 Å². The van der Waals surface area contributed by atoms with Crippen molar-refractivity contribution < 1.29 is 14.3 Å². The van der Waals surface area contributed by atoms with Gasteiger partial charge in [0.2, 0.25) is 0 Å². The van der Waals surface area contributed by atoms with Crippen LogP contribution in [0.4, 0.5) is 0 Å². The molecule has 224 valence electrons. The average molecular weight is 608 g/mol. The Morgan fingerprint density at radius 3 is 2.08 bits per heavy atom. The predicted octanol–water partition coefficient (Wildman–Crippen LogP) is 11.0. The van der Waals surface area contributed by atoms with Crippen LogP contribution in [-0.2, 0) is 11.2 Å². The number of alkyl halides is 1. The second kappa shape index (κ2) is 17.0. The van der Waals surface area contributed by atoms with Gasteiger partial charge in [0.25, 0.3) is 0 Å². The molecule has 0 aliphatic carbocycles. The zero-order chi connectivity index (χ0) is 29.0. The van der Waals surface area contributed by atoms with Crippen LogP contribution in [0.2, 0.25) is 0 Å². The van der Waals surface area contributed by atoms with Crippen LogP contribution in [0.5, 0.6) is 11.5 Å². The molecule has 0 bridgehead atoms. The average Bonchev–Trinajstić information content (AvgIpc) is 2.87. The number of carbonyl (C=O) groups excluding carboxylic acids is 1. The summed E-state index contributed by atoms with van der Waals surface area (Å²) in [5.74, 6) is 4.17. The first-order valence-electron chi connectivity index (χ1n) is 16.1. The van der Waals surface area contributed by atoms with E-state index >= 15 is 0 Å². The van der Waals surface area contributed by atoms with Crippen molar-refractivity contribution in [1.29, 1.82) is 0 Å². The lowest BCUT2D eigenvalue weighted by Crippen LogP contribution is -2.37. The maximum atomic E-state index is 12.5. The molecule has 1 heterocycles. The van der Waals surface area contributed by atoms with Gasteiger partial charge in [-0.2, -0.15) is 0 Å². The molecular formula is C35H59BrO3. The SMILES string of the molecule is Cc1c(C)c2c(c(C)c1OC(=O)CCCCCBr)CCC(C)(CCCC(C)CCCC(C)CCCC(C)C)O2. The van der Waals surface area contributed by atoms with E-state index in [0.29, 0.717) is 6.42 Å². The molecule has 0 radical (unpaired) electrons. The molecule has 3 unspecified atom stereocenters. The minimum Gasteiger partial charge on any atom is -0.487 e. The van der Waals surface area contributed by atoms with E-state index < -0.39 is 0 Å². The van der Waals surface area contributed by atoms with Crippen molar-refractivity contribution in [2.24, 2.45) is 17.8 Å².